The summed E-state index contributed by atoms with van der Waals surface area (Å²) in [6.45, 7) is -0.431. The summed E-state index contributed by atoms with van der Waals surface area (Å²) in [4.78, 5) is 11.9. The molecule has 1 aromatic carbocycles. The van der Waals surface area contributed by atoms with E-state index in [9.17, 15) is 17.6 Å². The van der Waals surface area contributed by atoms with Crippen LogP contribution in [-0.2, 0) is 14.8 Å². The smallest absolute Gasteiger partial charge is 0.243 e. The largest absolute Gasteiger partial charge is 0.399 e. The Kier molecular flexibility index (Phi) is 4.25. The fourth-order valence-electron chi connectivity index (χ4n) is 1.13. The number of anilines is 1. The maximum Gasteiger partial charge on any atom is 0.243 e. The molecule has 18 heavy (non-hydrogen) atoms. The Morgan fingerprint density at radius 3 is 2.56 bits per heavy atom. The first kappa shape index (κ1) is 14.4. The lowest BCUT2D eigenvalue weighted by molar-refractivity contribution is -0.127. The van der Waals surface area contributed by atoms with Crippen LogP contribution in [0.3, 0.4) is 0 Å². The molecule has 6 nitrogen and oxygen atoms in total. The molecule has 0 radical (unpaired) electrons. The molecule has 1 rings (SSSR count). The van der Waals surface area contributed by atoms with Gasteiger partial charge in [-0.2, -0.15) is 0 Å². The Balaban J connectivity index is 2.90. The number of halogens is 1. The van der Waals surface area contributed by atoms with Crippen LogP contribution >= 0.6 is 0 Å². The van der Waals surface area contributed by atoms with Crippen molar-refractivity contribution in [3.8, 4) is 0 Å². The topological polar surface area (TPSA) is 92.5 Å². The fraction of sp³-hybridized carbons (Fsp3) is 0.300. The fourth-order valence-corrected chi connectivity index (χ4v) is 2.16. The maximum atomic E-state index is 13.4. The van der Waals surface area contributed by atoms with Gasteiger partial charge in [0.1, 0.15) is 10.7 Å². The average Bonchev–Trinajstić information content (AvgIpc) is 2.25. The number of nitrogen functional groups attached to an aromatic ring is 1. The van der Waals surface area contributed by atoms with E-state index in [1.165, 1.54) is 25.1 Å². The second kappa shape index (κ2) is 5.32. The Morgan fingerprint density at radius 2 is 2.06 bits per heavy atom. The van der Waals surface area contributed by atoms with Crippen molar-refractivity contribution in [1.82, 2.24) is 9.62 Å². The first-order chi connectivity index (χ1) is 8.24. The van der Waals surface area contributed by atoms with Crippen LogP contribution < -0.4 is 10.5 Å². The Labute approximate surface area is 105 Å². The van der Waals surface area contributed by atoms with Crippen LogP contribution in [0.1, 0.15) is 0 Å². The number of carbonyl (C=O) groups excluding carboxylic acids is 1. The third-order valence-electron chi connectivity index (χ3n) is 2.16. The molecule has 100 valence electrons. The Bertz CT molecular complexity index is 557. The predicted octanol–water partition coefficient (Wildman–Crippen LogP) is -0.226. The highest BCUT2D eigenvalue weighted by atomic mass is 32.2. The van der Waals surface area contributed by atoms with Gasteiger partial charge in [0.2, 0.25) is 15.9 Å². The molecular formula is C10H14FN3O3S. The zero-order chi connectivity index (χ0) is 13.9. The van der Waals surface area contributed by atoms with Crippen LogP contribution in [-0.4, -0.2) is 39.9 Å². The predicted molar refractivity (Wildman–Crippen MR) is 64.7 cm³/mol. The number of nitrogens with one attached hydrogen (secondary N) is 1. The van der Waals surface area contributed by atoms with E-state index >= 15 is 0 Å². The molecule has 0 heterocycles. The minimum Gasteiger partial charge on any atom is -0.399 e. The summed E-state index contributed by atoms with van der Waals surface area (Å²) in [5, 5.41) is 0. The summed E-state index contributed by atoms with van der Waals surface area (Å²) < 4.78 is 38.9. The number of amides is 1. The molecule has 0 saturated heterocycles. The highest BCUT2D eigenvalue weighted by molar-refractivity contribution is 7.89. The second-order valence-corrected chi connectivity index (χ2v) is 5.54. The molecule has 0 saturated carbocycles. The molecule has 0 aromatic heterocycles. The number of rotatable bonds is 4. The number of likely N-dealkylation sites (N-methyl/N-ethyl adjacent to an activating group) is 1. The molecule has 1 amide bonds. The lowest BCUT2D eigenvalue weighted by atomic mass is 10.3. The van der Waals surface area contributed by atoms with Gasteiger partial charge in [0.05, 0.1) is 6.54 Å². The number of hydrogen-bond acceptors (Lipinski definition) is 4. The maximum absolute atomic E-state index is 13.4. The van der Waals surface area contributed by atoms with E-state index in [4.69, 9.17) is 5.73 Å². The lowest BCUT2D eigenvalue weighted by Crippen LogP contribution is -2.36. The van der Waals surface area contributed by atoms with Gasteiger partial charge >= 0.3 is 0 Å². The highest BCUT2D eigenvalue weighted by Crippen LogP contribution is 2.16. The van der Waals surface area contributed by atoms with Gasteiger partial charge in [0, 0.05) is 19.8 Å². The lowest BCUT2D eigenvalue weighted by Gasteiger charge is -2.11. The van der Waals surface area contributed by atoms with Crippen LogP contribution in [0.2, 0.25) is 0 Å². The SMILES string of the molecule is CN(C)C(=O)CNS(=O)(=O)c1ccc(N)cc1F. The third kappa shape index (κ3) is 3.41. The average molecular weight is 275 g/mol. The van der Waals surface area contributed by atoms with Crippen LogP contribution in [0.5, 0.6) is 0 Å². The third-order valence-corrected chi connectivity index (χ3v) is 3.59. The summed E-state index contributed by atoms with van der Waals surface area (Å²) in [5.41, 5.74) is 5.44. The molecule has 0 aliphatic carbocycles. The van der Waals surface area contributed by atoms with Crippen molar-refractivity contribution in [3.63, 3.8) is 0 Å². The van der Waals surface area contributed by atoms with E-state index in [2.05, 4.69) is 0 Å². The van der Waals surface area contributed by atoms with Crippen molar-refractivity contribution in [3.05, 3.63) is 24.0 Å². The van der Waals surface area contributed by atoms with Crippen molar-refractivity contribution < 1.29 is 17.6 Å². The minimum absolute atomic E-state index is 0.121. The van der Waals surface area contributed by atoms with Gasteiger partial charge in [-0.1, -0.05) is 0 Å². The first-order valence-corrected chi connectivity index (χ1v) is 6.47. The molecule has 0 unspecified atom stereocenters. The van der Waals surface area contributed by atoms with Crippen molar-refractivity contribution in [2.75, 3.05) is 26.4 Å². The molecule has 0 atom stereocenters. The molecule has 0 aliphatic heterocycles. The van der Waals surface area contributed by atoms with Gasteiger partial charge in [-0.3, -0.25) is 4.79 Å². The van der Waals surface area contributed by atoms with E-state index in [0.717, 1.165) is 12.1 Å². The standard InChI is InChI=1S/C10H14FN3O3S/c1-14(2)10(15)6-13-18(16,17)9-4-3-7(12)5-8(9)11/h3-5,13H,6,12H2,1-2H3. The molecule has 1 aromatic rings. The number of carbonyl (C=O) groups is 1. The van der Waals surface area contributed by atoms with Crippen molar-refractivity contribution >= 4 is 21.6 Å². The van der Waals surface area contributed by atoms with E-state index in [1.807, 2.05) is 4.72 Å². The van der Waals surface area contributed by atoms with Gasteiger partial charge in [-0.25, -0.2) is 17.5 Å². The number of nitrogens with zero attached hydrogens (tertiary/aromatic N) is 1. The van der Waals surface area contributed by atoms with Crippen molar-refractivity contribution in [2.24, 2.45) is 0 Å². The molecule has 8 heteroatoms. The number of benzene rings is 1. The quantitative estimate of drug-likeness (QED) is 0.743. The van der Waals surface area contributed by atoms with Crippen molar-refractivity contribution in [1.29, 1.82) is 0 Å². The molecule has 0 bridgehead atoms. The van der Waals surface area contributed by atoms with Gasteiger partial charge in [-0.15, -0.1) is 0 Å². The van der Waals surface area contributed by atoms with Gasteiger partial charge in [-0.05, 0) is 18.2 Å². The zero-order valence-electron chi connectivity index (χ0n) is 9.97. The highest BCUT2D eigenvalue weighted by Gasteiger charge is 2.20. The first-order valence-electron chi connectivity index (χ1n) is 4.99. The van der Waals surface area contributed by atoms with E-state index < -0.39 is 33.2 Å². The monoisotopic (exact) mass is 275 g/mol. The Morgan fingerprint density at radius 1 is 1.44 bits per heavy atom. The van der Waals surface area contributed by atoms with Gasteiger partial charge in [0.25, 0.3) is 0 Å². The summed E-state index contributed by atoms with van der Waals surface area (Å²) in [6.07, 6.45) is 0. The number of hydrogen-bond donors (Lipinski definition) is 2. The molecule has 3 N–H and O–H groups in total. The summed E-state index contributed by atoms with van der Waals surface area (Å²) >= 11 is 0. The van der Waals surface area contributed by atoms with Crippen LogP contribution in [0.25, 0.3) is 0 Å². The van der Waals surface area contributed by atoms with Crippen molar-refractivity contribution in [2.45, 2.75) is 4.90 Å². The Hall–Kier alpha value is -1.67. The summed E-state index contributed by atoms with van der Waals surface area (Å²) in [7, 11) is -1.09. The number of sulfonamides is 1. The molecular weight excluding hydrogens is 261 g/mol. The molecule has 0 aliphatic rings. The minimum atomic E-state index is -4.06. The second-order valence-electron chi connectivity index (χ2n) is 3.80. The molecule has 0 spiro atoms. The van der Waals surface area contributed by atoms with E-state index in [1.54, 1.807) is 0 Å². The van der Waals surface area contributed by atoms with Crippen LogP contribution in [0, 0.1) is 5.82 Å². The summed E-state index contributed by atoms with van der Waals surface area (Å²) in [6, 6.07) is 3.22. The zero-order valence-corrected chi connectivity index (χ0v) is 10.8. The number of nitrogens with two attached hydrogens (primary N) is 1. The van der Waals surface area contributed by atoms with Crippen LogP contribution in [0.4, 0.5) is 10.1 Å². The van der Waals surface area contributed by atoms with Gasteiger partial charge in [0.15, 0.2) is 0 Å². The van der Waals surface area contributed by atoms with E-state index in [-0.39, 0.29) is 5.69 Å². The summed E-state index contributed by atoms with van der Waals surface area (Å²) in [5.74, 6) is -1.39. The van der Waals surface area contributed by atoms with E-state index in [0.29, 0.717) is 0 Å². The van der Waals surface area contributed by atoms with Gasteiger partial charge < -0.3 is 10.6 Å². The normalized spacial score (nSPS) is 11.3. The van der Waals surface area contributed by atoms with Crippen LogP contribution in [0.15, 0.2) is 23.1 Å². The molecule has 0 fully saturated rings.